The largest absolute Gasteiger partial charge is 0.756 e. The number of nitrogens with one attached hydrogen (secondary N) is 2. The lowest BCUT2D eigenvalue weighted by molar-refractivity contribution is 0.0185. The van der Waals surface area contributed by atoms with E-state index in [1.807, 2.05) is 26.2 Å². The van der Waals surface area contributed by atoms with E-state index in [4.69, 9.17) is 32.7 Å². The lowest BCUT2D eigenvalue weighted by atomic mass is 10.0. The van der Waals surface area contributed by atoms with Gasteiger partial charge >= 0.3 is 0 Å². The number of methoxy groups -OCH3 is 2. The van der Waals surface area contributed by atoms with Gasteiger partial charge in [0.05, 0.1) is 17.8 Å². The predicted octanol–water partition coefficient (Wildman–Crippen LogP) is 5.58. The molecule has 1 aliphatic heterocycles. The van der Waals surface area contributed by atoms with Crippen LogP contribution in [0.3, 0.4) is 0 Å². The number of anilines is 2. The van der Waals surface area contributed by atoms with Gasteiger partial charge in [-0.2, -0.15) is 0 Å². The van der Waals surface area contributed by atoms with Crippen LogP contribution in [0.2, 0.25) is 10.0 Å². The number of hydrogen-bond donors (Lipinski definition) is 2. The molecule has 3 aromatic rings. The molecule has 0 saturated heterocycles. The Hall–Kier alpha value is -3.34. The van der Waals surface area contributed by atoms with Crippen LogP contribution >= 0.6 is 23.2 Å². The molecule has 0 fully saturated rings. The predicted molar refractivity (Wildman–Crippen MR) is 152 cm³/mol. The normalized spacial score (nSPS) is 14.7. The lowest BCUT2D eigenvalue weighted by Gasteiger charge is -2.43. The molecular weight excluding hydrogens is 529 g/mol. The Kier molecular flexibility index (Phi) is 8.76. The maximum atomic E-state index is 13.4. The van der Waals surface area contributed by atoms with Gasteiger partial charge in [-0.25, -0.2) is 4.98 Å². The monoisotopic (exact) mass is 556 g/mol. The molecule has 2 heterocycles. The summed E-state index contributed by atoms with van der Waals surface area (Å²) in [7, 11) is 6.93. The van der Waals surface area contributed by atoms with Crippen LogP contribution in [0.4, 0.5) is 11.5 Å². The maximum Gasteiger partial charge on any atom is 0.255 e. The van der Waals surface area contributed by atoms with Crippen LogP contribution in [0.15, 0.2) is 48.5 Å². The summed E-state index contributed by atoms with van der Waals surface area (Å²) >= 11 is 12.7. The van der Waals surface area contributed by atoms with E-state index in [0.29, 0.717) is 50.7 Å². The van der Waals surface area contributed by atoms with E-state index in [0.717, 1.165) is 17.2 Å². The van der Waals surface area contributed by atoms with Crippen LogP contribution in [0.25, 0.3) is 11.8 Å². The van der Waals surface area contributed by atoms with Gasteiger partial charge < -0.3 is 35.3 Å². The van der Waals surface area contributed by atoms with Crippen LogP contribution in [0.5, 0.6) is 5.75 Å². The Morgan fingerprint density at radius 2 is 1.89 bits per heavy atom. The first kappa shape index (κ1) is 27.7. The van der Waals surface area contributed by atoms with Crippen LogP contribution in [0.1, 0.15) is 33.4 Å². The number of ether oxygens (including phenoxy) is 2. The highest BCUT2D eigenvalue weighted by molar-refractivity contribution is 6.33. The Morgan fingerprint density at radius 1 is 1.11 bits per heavy atom. The van der Waals surface area contributed by atoms with Crippen LogP contribution in [-0.2, 0) is 4.74 Å². The number of nitrogens with zero attached hydrogens (tertiary/aromatic N) is 3. The average molecular weight is 557 g/mol. The fourth-order valence-corrected chi connectivity index (χ4v) is 4.45. The highest BCUT2D eigenvalue weighted by atomic mass is 35.5. The zero-order chi connectivity index (χ0) is 27.4. The molecule has 4 rings (SSSR count). The van der Waals surface area contributed by atoms with Crippen molar-refractivity contribution in [3.63, 3.8) is 0 Å². The summed E-state index contributed by atoms with van der Waals surface area (Å²) in [4.78, 5) is 19.5. The number of carbonyl (C=O) groups excluding carboxylic acids is 1. The number of hydroxylamine groups is 2. The van der Waals surface area contributed by atoms with E-state index in [1.165, 1.54) is 20.3 Å². The summed E-state index contributed by atoms with van der Waals surface area (Å²) in [6.45, 7) is 1.54. The summed E-state index contributed by atoms with van der Waals surface area (Å²) in [6.07, 6.45) is 0.737. The number of halogens is 2. The van der Waals surface area contributed by atoms with Crippen molar-refractivity contribution in [3.8, 4) is 5.75 Å². The van der Waals surface area contributed by atoms with Crippen molar-refractivity contribution in [1.29, 1.82) is 0 Å². The van der Waals surface area contributed by atoms with E-state index in [2.05, 4.69) is 20.5 Å². The third kappa shape index (κ3) is 6.03. The first-order valence-electron chi connectivity index (χ1n) is 11.8. The minimum absolute atomic E-state index is 0.285. The van der Waals surface area contributed by atoms with E-state index < -0.39 is 6.23 Å². The number of benzene rings is 2. The van der Waals surface area contributed by atoms with Gasteiger partial charge in [-0.1, -0.05) is 23.2 Å². The fourth-order valence-electron chi connectivity index (χ4n) is 3.97. The topological polar surface area (TPSA) is 102 Å². The third-order valence-corrected chi connectivity index (χ3v) is 6.56. The minimum Gasteiger partial charge on any atom is -0.756 e. The number of pyridine rings is 1. The molecule has 1 aliphatic rings. The van der Waals surface area contributed by atoms with Gasteiger partial charge in [0.15, 0.2) is 6.23 Å². The number of likely N-dealkylation sites (N-methyl/N-ethyl adjacent to an activating group) is 1. The molecule has 0 bridgehead atoms. The maximum absolute atomic E-state index is 13.4. The molecule has 1 atom stereocenters. The molecule has 1 aromatic heterocycles. The van der Waals surface area contributed by atoms with Gasteiger partial charge in [-0.3, -0.25) is 4.79 Å². The van der Waals surface area contributed by atoms with Gasteiger partial charge in [0.25, 0.3) is 5.91 Å². The summed E-state index contributed by atoms with van der Waals surface area (Å²) in [5.41, 5.74) is 2.76. The summed E-state index contributed by atoms with van der Waals surface area (Å²) < 4.78 is 10.7. The van der Waals surface area contributed by atoms with E-state index in [9.17, 15) is 10.0 Å². The Bertz CT molecular complexity index is 1370. The van der Waals surface area contributed by atoms with Crippen molar-refractivity contribution in [1.82, 2.24) is 14.9 Å². The van der Waals surface area contributed by atoms with Crippen molar-refractivity contribution in [2.45, 2.75) is 6.23 Å². The standard InChI is InChI=1S/C27H28Cl2N5O4/c1-33(2)12-11-30-24-10-6-16-14-22(34(36)27(38-4)25(16)32-24)19-15-18(7-8-20(19)28)31-26(35)17-5-9-23(37-3)21(29)13-17/h5-10,13-15,27H,11-12H2,1-4H3,(H,30,32)(H,31,35)/q-1. The fraction of sp³-hybridized carbons (Fsp3) is 0.259. The molecule has 2 N–H and O–H groups in total. The number of amides is 1. The van der Waals surface area contributed by atoms with E-state index in [1.54, 1.807) is 36.4 Å². The number of fused-ring (bicyclic) bond motifs is 1. The first-order chi connectivity index (χ1) is 18.2. The highest BCUT2D eigenvalue weighted by Gasteiger charge is 2.27. The lowest BCUT2D eigenvalue weighted by Crippen LogP contribution is -2.28. The molecular formula is C27H28Cl2N5O4-. The van der Waals surface area contributed by atoms with Gasteiger partial charge in [-0.05, 0) is 68.7 Å². The number of hydrogen-bond acceptors (Lipinski definition) is 8. The molecule has 1 unspecified atom stereocenters. The number of carbonyl (C=O) groups is 1. The van der Waals surface area contributed by atoms with Gasteiger partial charge in [0.2, 0.25) is 0 Å². The summed E-state index contributed by atoms with van der Waals surface area (Å²) in [5.74, 6) is 0.744. The second kappa shape index (κ2) is 12.0. The van der Waals surface area contributed by atoms with Crippen molar-refractivity contribution in [2.75, 3.05) is 52.0 Å². The second-order valence-corrected chi connectivity index (χ2v) is 9.66. The zero-order valence-corrected chi connectivity index (χ0v) is 22.9. The van der Waals surface area contributed by atoms with Gasteiger partial charge in [-0.15, -0.1) is 0 Å². The molecule has 38 heavy (non-hydrogen) atoms. The molecule has 11 heteroatoms. The molecule has 1 amide bonds. The highest BCUT2D eigenvalue weighted by Crippen LogP contribution is 2.40. The molecule has 0 saturated carbocycles. The van der Waals surface area contributed by atoms with Gasteiger partial charge in [0, 0.05) is 53.3 Å². The molecule has 9 nitrogen and oxygen atoms in total. The quantitative estimate of drug-likeness (QED) is 0.352. The Balaban J connectivity index is 1.62. The molecule has 2 aromatic carbocycles. The summed E-state index contributed by atoms with van der Waals surface area (Å²) in [5, 5.41) is 20.9. The number of rotatable bonds is 9. The third-order valence-electron chi connectivity index (χ3n) is 5.94. The van der Waals surface area contributed by atoms with Crippen LogP contribution in [-0.4, -0.2) is 62.3 Å². The smallest absolute Gasteiger partial charge is 0.255 e. The Morgan fingerprint density at radius 3 is 2.58 bits per heavy atom. The number of aromatic nitrogens is 1. The van der Waals surface area contributed by atoms with Crippen LogP contribution < -0.4 is 15.4 Å². The van der Waals surface area contributed by atoms with Crippen LogP contribution in [0, 0.1) is 5.21 Å². The average Bonchev–Trinajstić information content (AvgIpc) is 2.89. The molecule has 0 spiro atoms. The van der Waals surface area contributed by atoms with Gasteiger partial charge in [0.1, 0.15) is 11.6 Å². The Labute approximate surface area is 231 Å². The van der Waals surface area contributed by atoms with Crippen molar-refractivity contribution in [3.05, 3.63) is 86.2 Å². The second-order valence-electron chi connectivity index (χ2n) is 8.84. The van der Waals surface area contributed by atoms with E-state index in [-0.39, 0.29) is 11.6 Å². The minimum atomic E-state index is -0.976. The van der Waals surface area contributed by atoms with Crippen molar-refractivity contribution in [2.24, 2.45) is 0 Å². The van der Waals surface area contributed by atoms with E-state index >= 15 is 0 Å². The molecule has 200 valence electrons. The SMILES string of the molecule is COc1ccc(C(=O)Nc2ccc(Cl)c(C3=Cc4ccc(NCCN(C)C)nc4C(OC)N3[O-])c2)cc1Cl. The zero-order valence-electron chi connectivity index (χ0n) is 21.4. The first-order valence-corrected chi connectivity index (χ1v) is 12.5. The molecule has 0 radical (unpaired) electrons. The van der Waals surface area contributed by atoms with Crippen molar-refractivity contribution < 1.29 is 14.3 Å². The molecule has 0 aliphatic carbocycles. The summed E-state index contributed by atoms with van der Waals surface area (Å²) in [6, 6.07) is 13.4. The van der Waals surface area contributed by atoms with Crippen molar-refractivity contribution >= 4 is 52.4 Å².